The Balaban J connectivity index is 2.83. The molecule has 0 spiro atoms. The van der Waals surface area contributed by atoms with Crippen LogP contribution >= 0.6 is 0 Å². The van der Waals surface area contributed by atoms with Gasteiger partial charge in [-0.2, -0.15) is 0 Å². The van der Waals surface area contributed by atoms with Crippen LogP contribution < -0.4 is 10.2 Å². The SMILES string of the molecule is COCCCNC(=O)c1ccc(N(C)C)c([N+](=O)[O-])c1. The summed E-state index contributed by atoms with van der Waals surface area (Å²) in [4.78, 5) is 24.1. The first kappa shape index (κ1) is 15.9. The van der Waals surface area contributed by atoms with E-state index in [2.05, 4.69) is 5.32 Å². The standard InChI is InChI=1S/C13H19N3O4/c1-15(2)11-6-5-10(9-12(11)16(18)19)13(17)14-7-4-8-20-3/h5-6,9H,4,7-8H2,1-3H3,(H,14,17). The minimum Gasteiger partial charge on any atom is -0.385 e. The molecule has 0 aliphatic rings. The number of nitro benzene ring substituents is 1. The van der Waals surface area contributed by atoms with Gasteiger partial charge in [0.1, 0.15) is 5.69 Å². The van der Waals surface area contributed by atoms with Crippen molar-refractivity contribution in [1.29, 1.82) is 0 Å². The number of nitrogens with zero attached hydrogens (tertiary/aromatic N) is 2. The Bertz CT molecular complexity index is 489. The summed E-state index contributed by atoms with van der Waals surface area (Å²) in [6.07, 6.45) is 0.695. The van der Waals surface area contributed by atoms with E-state index in [0.717, 1.165) is 0 Å². The van der Waals surface area contributed by atoms with E-state index in [1.165, 1.54) is 6.07 Å². The Kier molecular flexibility index (Phi) is 5.92. The van der Waals surface area contributed by atoms with Crippen molar-refractivity contribution in [1.82, 2.24) is 5.32 Å². The van der Waals surface area contributed by atoms with Gasteiger partial charge in [-0.25, -0.2) is 0 Å². The first-order chi connectivity index (χ1) is 9.47. The molecule has 7 nitrogen and oxygen atoms in total. The largest absolute Gasteiger partial charge is 0.385 e. The number of hydrogen-bond donors (Lipinski definition) is 1. The van der Waals surface area contributed by atoms with Gasteiger partial charge in [0.2, 0.25) is 0 Å². The highest BCUT2D eigenvalue weighted by Crippen LogP contribution is 2.27. The van der Waals surface area contributed by atoms with E-state index < -0.39 is 4.92 Å². The van der Waals surface area contributed by atoms with Gasteiger partial charge in [-0.05, 0) is 18.6 Å². The molecule has 1 amide bonds. The van der Waals surface area contributed by atoms with E-state index in [1.807, 2.05) is 0 Å². The molecule has 0 heterocycles. The number of benzene rings is 1. The van der Waals surface area contributed by atoms with Gasteiger partial charge in [0, 0.05) is 46.0 Å². The Hall–Kier alpha value is -2.15. The third-order valence-electron chi connectivity index (χ3n) is 2.73. The number of nitrogens with one attached hydrogen (secondary N) is 1. The fourth-order valence-corrected chi connectivity index (χ4v) is 1.71. The van der Waals surface area contributed by atoms with Crippen LogP contribution in [-0.4, -0.2) is 45.2 Å². The molecule has 0 aliphatic heterocycles. The number of nitro groups is 1. The topological polar surface area (TPSA) is 84.7 Å². The lowest BCUT2D eigenvalue weighted by Gasteiger charge is -2.13. The van der Waals surface area contributed by atoms with Crippen LogP contribution in [-0.2, 0) is 4.74 Å². The molecule has 1 aromatic carbocycles. The molecule has 110 valence electrons. The fraction of sp³-hybridized carbons (Fsp3) is 0.462. The Morgan fingerprint density at radius 3 is 2.70 bits per heavy atom. The van der Waals surface area contributed by atoms with Gasteiger partial charge in [0.15, 0.2) is 0 Å². The van der Waals surface area contributed by atoms with Crippen LogP contribution in [0, 0.1) is 10.1 Å². The molecule has 0 unspecified atom stereocenters. The molecule has 0 aromatic heterocycles. The highest BCUT2D eigenvalue weighted by molar-refractivity contribution is 5.95. The van der Waals surface area contributed by atoms with Crippen molar-refractivity contribution in [3.8, 4) is 0 Å². The van der Waals surface area contributed by atoms with Crippen LogP contribution in [0.4, 0.5) is 11.4 Å². The Morgan fingerprint density at radius 1 is 1.45 bits per heavy atom. The average molecular weight is 281 g/mol. The molecular formula is C13H19N3O4. The van der Waals surface area contributed by atoms with Crippen LogP contribution in [0.15, 0.2) is 18.2 Å². The normalized spacial score (nSPS) is 10.2. The van der Waals surface area contributed by atoms with Gasteiger partial charge in [-0.3, -0.25) is 14.9 Å². The van der Waals surface area contributed by atoms with E-state index in [4.69, 9.17) is 4.74 Å². The average Bonchev–Trinajstić information content (AvgIpc) is 2.42. The van der Waals surface area contributed by atoms with Gasteiger partial charge in [-0.15, -0.1) is 0 Å². The number of anilines is 1. The van der Waals surface area contributed by atoms with Gasteiger partial charge in [0.05, 0.1) is 4.92 Å². The molecule has 0 saturated heterocycles. The van der Waals surface area contributed by atoms with Crippen LogP contribution in [0.25, 0.3) is 0 Å². The molecule has 20 heavy (non-hydrogen) atoms. The van der Waals surface area contributed by atoms with Crippen molar-refractivity contribution < 1.29 is 14.5 Å². The molecule has 1 N–H and O–H groups in total. The summed E-state index contributed by atoms with van der Waals surface area (Å²) in [6, 6.07) is 4.44. The van der Waals surface area contributed by atoms with Gasteiger partial charge < -0.3 is 15.0 Å². The molecule has 1 aromatic rings. The van der Waals surface area contributed by atoms with Crippen molar-refractivity contribution in [2.24, 2.45) is 0 Å². The third-order valence-corrected chi connectivity index (χ3v) is 2.73. The summed E-state index contributed by atoms with van der Waals surface area (Å²) in [5.74, 6) is -0.325. The van der Waals surface area contributed by atoms with Gasteiger partial charge in [0.25, 0.3) is 11.6 Å². The van der Waals surface area contributed by atoms with E-state index in [9.17, 15) is 14.9 Å². The molecule has 0 atom stereocenters. The first-order valence-corrected chi connectivity index (χ1v) is 6.20. The van der Waals surface area contributed by atoms with E-state index in [0.29, 0.717) is 25.3 Å². The quantitative estimate of drug-likeness (QED) is 0.464. The Morgan fingerprint density at radius 2 is 2.15 bits per heavy atom. The summed E-state index contributed by atoms with van der Waals surface area (Å²) in [5, 5.41) is 13.7. The molecule has 1 rings (SSSR count). The first-order valence-electron chi connectivity index (χ1n) is 6.20. The summed E-state index contributed by atoms with van der Waals surface area (Å²) in [6.45, 7) is 1.02. The maximum Gasteiger partial charge on any atom is 0.293 e. The number of amides is 1. The number of carbonyl (C=O) groups excluding carboxylic acids is 1. The number of hydrogen-bond acceptors (Lipinski definition) is 5. The van der Waals surface area contributed by atoms with Crippen LogP contribution in [0.5, 0.6) is 0 Å². The van der Waals surface area contributed by atoms with Crippen LogP contribution in [0.2, 0.25) is 0 Å². The number of rotatable bonds is 7. The van der Waals surface area contributed by atoms with Crippen molar-refractivity contribution in [3.63, 3.8) is 0 Å². The molecule has 0 saturated carbocycles. The minimum atomic E-state index is -0.489. The van der Waals surface area contributed by atoms with Crippen LogP contribution in [0.3, 0.4) is 0 Å². The summed E-state index contributed by atoms with van der Waals surface area (Å²) >= 11 is 0. The number of carbonyl (C=O) groups is 1. The third kappa shape index (κ3) is 4.20. The summed E-state index contributed by atoms with van der Waals surface area (Å²) < 4.78 is 4.88. The summed E-state index contributed by atoms with van der Waals surface area (Å²) in [5.41, 5.74) is 0.658. The second kappa shape index (κ2) is 7.44. The predicted molar refractivity (Wildman–Crippen MR) is 76.2 cm³/mol. The zero-order chi connectivity index (χ0) is 15.1. The van der Waals surface area contributed by atoms with E-state index >= 15 is 0 Å². The highest BCUT2D eigenvalue weighted by atomic mass is 16.6. The minimum absolute atomic E-state index is 0.0838. The van der Waals surface area contributed by atoms with Crippen molar-refractivity contribution in [2.45, 2.75) is 6.42 Å². The predicted octanol–water partition coefficient (Wildman–Crippen LogP) is 1.43. The fourth-order valence-electron chi connectivity index (χ4n) is 1.71. The maximum absolute atomic E-state index is 11.9. The lowest BCUT2D eigenvalue weighted by atomic mass is 10.1. The highest BCUT2D eigenvalue weighted by Gasteiger charge is 2.18. The molecule has 0 radical (unpaired) electrons. The number of ether oxygens (including phenoxy) is 1. The molecule has 7 heteroatoms. The Labute approximate surface area is 117 Å². The smallest absolute Gasteiger partial charge is 0.293 e. The lowest BCUT2D eigenvalue weighted by Crippen LogP contribution is -2.25. The monoisotopic (exact) mass is 281 g/mol. The van der Waals surface area contributed by atoms with Gasteiger partial charge >= 0.3 is 0 Å². The molecule has 0 fully saturated rings. The zero-order valence-corrected chi connectivity index (χ0v) is 11.9. The molecule has 0 bridgehead atoms. The van der Waals surface area contributed by atoms with Gasteiger partial charge in [-0.1, -0.05) is 0 Å². The van der Waals surface area contributed by atoms with E-state index in [1.54, 1.807) is 38.2 Å². The lowest BCUT2D eigenvalue weighted by molar-refractivity contribution is -0.384. The van der Waals surface area contributed by atoms with Crippen molar-refractivity contribution >= 4 is 17.3 Å². The summed E-state index contributed by atoms with van der Waals surface area (Å²) in [7, 11) is 5.02. The zero-order valence-electron chi connectivity index (χ0n) is 11.9. The van der Waals surface area contributed by atoms with Crippen molar-refractivity contribution in [3.05, 3.63) is 33.9 Å². The van der Waals surface area contributed by atoms with Crippen molar-refractivity contribution in [2.75, 3.05) is 39.3 Å². The molecule has 0 aliphatic carbocycles. The van der Waals surface area contributed by atoms with E-state index in [-0.39, 0.29) is 17.2 Å². The number of methoxy groups -OCH3 is 1. The van der Waals surface area contributed by atoms with Crippen LogP contribution in [0.1, 0.15) is 16.8 Å². The maximum atomic E-state index is 11.9. The second-order valence-corrected chi connectivity index (χ2v) is 4.46. The second-order valence-electron chi connectivity index (χ2n) is 4.46. The molecular weight excluding hydrogens is 262 g/mol.